The number of anilines is 1. The highest BCUT2D eigenvalue weighted by molar-refractivity contribution is 7.91. The van der Waals surface area contributed by atoms with Crippen LogP contribution >= 0.6 is 23.2 Å². The summed E-state index contributed by atoms with van der Waals surface area (Å²) in [6.45, 7) is 3.79. The second-order valence-electron chi connectivity index (χ2n) is 6.20. The fourth-order valence-electron chi connectivity index (χ4n) is 2.96. The van der Waals surface area contributed by atoms with E-state index in [-0.39, 0.29) is 15.6 Å². The lowest BCUT2D eigenvalue weighted by molar-refractivity contribution is 0.594. The lowest BCUT2D eigenvalue weighted by atomic mass is 10.2. The summed E-state index contributed by atoms with van der Waals surface area (Å²) >= 11 is 12.2. The van der Waals surface area contributed by atoms with E-state index in [0.717, 1.165) is 17.7 Å². The van der Waals surface area contributed by atoms with E-state index >= 15 is 0 Å². The number of hydrogen-bond donors (Lipinski definition) is 1. The van der Waals surface area contributed by atoms with Crippen molar-refractivity contribution in [3.63, 3.8) is 0 Å². The molecule has 0 saturated heterocycles. The third-order valence-corrected chi connectivity index (χ3v) is 7.08. The molecular weight excluding hydrogens is 410 g/mol. The van der Waals surface area contributed by atoms with Gasteiger partial charge in [-0.3, -0.25) is 0 Å². The third-order valence-electron chi connectivity index (χ3n) is 4.55. The first kappa shape index (κ1) is 19.7. The molecule has 4 nitrogen and oxygen atoms in total. The van der Waals surface area contributed by atoms with E-state index in [4.69, 9.17) is 28.9 Å². The molecule has 0 radical (unpaired) electrons. The SMILES string of the molecule is Cc1c(S(=O)(=O)c2ccc(F)cc2)c(N)n(Cc2ccc(Cl)cc2Cl)c1C. The second-order valence-corrected chi connectivity index (χ2v) is 8.93. The molecule has 8 heteroatoms. The number of sulfone groups is 1. The van der Waals surface area contributed by atoms with E-state index < -0.39 is 15.7 Å². The van der Waals surface area contributed by atoms with Gasteiger partial charge in [0.15, 0.2) is 0 Å². The van der Waals surface area contributed by atoms with Crippen molar-refractivity contribution in [2.75, 3.05) is 5.73 Å². The van der Waals surface area contributed by atoms with Crippen LogP contribution in [0.4, 0.5) is 10.2 Å². The smallest absolute Gasteiger partial charge is 0.210 e. The molecule has 0 fully saturated rings. The molecule has 3 aromatic rings. The second kappa shape index (κ2) is 7.19. The van der Waals surface area contributed by atoms with Gasteiger partial charge in [-0.1, -0.05) is 29.3 Å². The highest BCUT2D eigenvalue weighted by atomic mass is 35.5. The Balaban J connectivity index is 2.11. The molecule has 0 bridgehead atoms. The molecule has 0 spiro atoms. The molecule has 142 valence electrons. The van der Waals surface area contributed by atoms with Crippen LogP contribution in [0.2, 0.25) is 10.0 Å². The maximum atomic E-state index is 13.2. The van der Waals surface area contributed by atoms with E-state index in [2.05, 4.69) is 0 Å². The monoisotopic (exact) mass is 426 g/mol. The number of nitrogens with zero attached hydrogens (tertiary/aromatic N) is 1. The fraction of sp³-hybridized carbons (Fsp3) is 0.158. The molecule has 0 aliphatic carbocycles. The summed E-state index contributed by atoms with van der Waals surface area (Å²) < 4.78 is 41.0. The third kappa shape index (κ3) is 3.57. The molecule has 0 amide bonds. The first-order valence-electron chi connectivity index (χ1n) is 8.02. The predicted octanol–water partition coefficient (Wildman–Crippen LogP) is 5.01. The number of rotatable bonds is 4. The van der Waals surface area contributed by atoms with Crippen molar-refractivity contribution in [1.82, 2.24) is 4.57 Å². The maximum absolute atomic E-state index is 13.2. The Morgan fingerprint density at radius 1 is 1.07 bits per heavy atom. The summed E-state index contributed by atoms with van der Waals surface area (Å²) in [7, 11) is -3.89. The van der Waals surface area contributed by atoms with Gasteiger partial charge in [0.1, 0.15) is 16.5 Å². The summed E-state index contributed by atoms with van der Waals surface area (Å²) in [4.78, 5) is 0.0112. The molecule has 2 aromatic carbocycles. The molecule has 0 aliphatic rings. The van der Waals surface area contributed by atoms with Crippen molar-refractivity contribution in [2.24, 2.45) is 0 Å². The van der Waals surface area contributed by atoms with Gasteiger partial charge >= 0.3 is 0 Å². The van der Waals surface area contributed by atoms with Crippen LogP contribution in [0.5, 0.6) is 0 Å². The van der Waals surface area contributed by atoms with Gasteiger partial charge in [0.25, 0.3) is 0 Å². The van der Waals surface area contributed by atoms with Gasteiger partial charge in [-0.05, 0) is 61.4 Å². The van der Waals surface area contributed by atoms with Crippen LogP contribution in [0.15, 0.2) is 52.3 Å². The van der Waals surface area contributed by atoms with Crippen LogP contribution in [0.1, 0.15) is 16.8 Å². The molecule has 27 heavy (non-hydrogen) atoms. The zero-order chi connectivity index (χ0) is 19.9. The van der Waals surface area contributed by atoms with E-state index in [1.54, 1.807) is 36.6 Å². The van der Waals surface area contributed by atoms with Crippen molar-refractivity contribution >= 4 is 38.9 Å². The maximum Gasteiger partial charge on any atom is 0.210 e. The number of nitrogens with two attached hydrogens (primary N) is 1. The highest BCUT2D eigenvalue weighted by Gasteiger charge is 2.28. The van der Waals surface area contributed by atoms with Crippen LogP contribution in [0, 0.1) is 19.7 Å². The van der Waals surface area contributed by atoms with E-state index in [0.29, 0.717) is 27.8 Å². The van der Waals surface area contributed by atoms with Crippen LogP contribution in [-0.2, 0) is 16.4 Å². The first-order valence-corrected chi connectivity index (χ1v) is 10.3. The fourth-order valence-corrected chi connectivity index (χ4v) is 5.09. The van der Waals surface area contributed by atoms with Gasteiger partial charge in [0.2, 0.25) is 9.84 Å². The van der Waals surface area contributed by atoms with E-state index in [1.165, 1.54) is 12.1 Å². The minimum absolute atomic E-state index is 0.0135. The Morgan fingerprint density at radius 2 is 1.70 bits per heavy atom. The average Bonchev–Trinajstić information content (AvgIpc) is 2.81. The lowest BCUT2D eigenvalue weighted by Crippen LogP contribution is -2.09. The average molecular weight is 427 g/mol. The summed E-state index contributed by atoms with van der Waals surface area (Å²) in [6.07, 6.45) is 0. The normalized spacial score (nSPS) is 11.7. The predicted molar refractivity (Wildman–Crippen MR) is 106 cm³/mol. The van der Waals surface area contributed by atoms with Crippen molar-refractivity contribution in [1.29, 1.82) is 0 Å². The standard InChI is InChI=1S/C19H17Cl2FN2O2S/c1-11-12(2)24(10-13-3-4-14(20)9-17(13)21)19(23)18(11)27(25,26)16-7-5-15(22)6-8-16/h3-9H,10,23H2,1-2H3. The number of hydrogen-bond acceptors (Lipinski definition) is 3. The van der Waals surface area contributed by atoms with Crippen LogP contribution in [0.3, 0.4) is 0 Å². The van der Waals surface area contributed by atoms with Crippen LogP contribution < -0.4 is 5.73 Å². The van der Waals surface area contributed by atoms with Crippen molar-refractivity contribution in [3.8, 4) is 0 Å². The van der Waals surface area contributed by atoms with Crippen molar-refractivity contribution in [3.05, 3.63) is 75.1 Å². The van der Waals surface area contributed by atoms with Crippen LogP contribution in [-0.4, -0.2) is 13.0 Å². The molecular formula is C19H17Cl2FN2O2S. The Labute approximate surface area is 167 Å². The zero-order valence-corrected chi connectivity index (χ0v) is 17.0. The summed E-state index contributed by atoms with van der Waals surface area (Å²) in [5, 5.41) is 0.979. The molecule has 0 saturated carbocycles. The number of benzene rings is 2. The molecule has 1 heterocycles. The Bertz CT molecular complexity index is 1120. The minimum Gasteiger partial charge on any atom is -0.384 e. The Hall–Kier alpha value is -2.02. The number of halogens is 3. The van der Waals surface area contributed by atoms with Gasteiger partial charge < -0.3 is 10.3 Å². The number of aromatic nitrogens is 1. The van der Waals surface area contributed by atoms with Crippen molar-refractivity contribution in [2.45, 2.75) is 30.2 Å². The Morgan fingerprint density at radius 3 is 2.30 bits per heavy atom. The molecule has 0 aliphatic heterocycles. The minimum atomic E-state index is -3.89. The van der Waals surface area contributed by atoms with Gasteiger partial charge in [-0.25, -0.2) is 12.8 Å². The Kier molecular flexibility index (Phi) is 5.25. The summed E-state index contributed by atoms with van der Waals surface area (Å²) in [5.41, 5.74) is 8.24. The quantitative estimate of drug-likeness (QED) is 0.595. The highest BCUT2D eigenvalue weighted by Crippen LogP contribution is 2.34. The van der Waals surface area contributed by atoms with E-state index in [1.807, 2.05) is 0 Å². The first-order chi connectivity index (χ1) is 12.6. The largest absolute Gasteiger partial charge is 0.384 e. The molecule has 0 unspecified atom stereocenters. The van der Waals surface area contributed by atoms with Gasteiger partial charge in [-0.2, -0.15) is 0 Å². The molecule has 2 N–H and O–H groups in total. The van der Waals surface area contributed by atoms with Gasteiger partial charge in [0, 0.05) is 15.7 Å². The summed E-state index contributed by atoms with van der Waals surface area (Å²) in [6, 6.07) is 9.77. The topological polar surface area (TPSA) is 65.1 Å². The zero-order valence-electron chi connectivity index (χ0n) is 14.6. The molecule has 0 atom stereocenters. The van der Waals surface area contributed by atoms with Gasteiger partial charge in [0.05, 0.1) is 11.4 Å². The van der Waals surface area contributed by atoms with Crippen molar-refractivity contribution < 1.29 is 12.8 Å². The van der Waals surface area contributed by atoms with E-state index in [9.17, 15) is 12.8 Å². The summed E-state index contributed by atoms with van der Waals surface area (Å²) in [5.74, 6) is -0.398. The van der Waals surface area contributed by atoms with Gasteiger partial charge in [-0.15, -0.1) is 0 Å². The number of nitrogen functional groups attached to an aromatic ring is 1. The molecule has 1 aromatic heterocycles. The van der Waals surface area contributed by atoms with Crippen LogP contribution in [0.25, 0.3) is 0 Å². The molecule has 3 rings (SSSR count). The lowest BCUT2D eigenvalue weighted by Gasteiger charge is -2.11.